The highest BCUT2D eigenvalue weighted by atomic mass is 16.5. The lowest BCUT2D eigenvalue weighted by molar-refractivity contribution is -0.122. The quantitative estimate of drug-likeness (QED) is 0.888. The minimum Gasteiger partial charge on any atom is -0.480 e. The normalized spacial score (nSPS) is 11.8. The first-order valence-corrected chi connectivity index (χ1v) is 7.61. The molecule has 0 radical (unpaired) electrons. The summed E-state index contributed by atoms with van der Waals surface area (Å²) in [6.07, 6.45) is 0.118. The van der Waals surface area contributed by atoms with Crippen molar-refractivity contribution in [1.29, 1.82) is 0 Å². The first-order valence-electron chi connectivity index (χ1n) is 7.61. The molecule has 0 saturated heterocycles. The largest absolute Gasteiger partial charge is 0.480 e. The van der Waals surface area contributed by atoms with Gasteiger partial charge in [-0.1, -0.05) is 36.8 Å². The van der Waals surface area contributed by atoms with Crippen molar-refractivity contribution in [2.45, 2.75) is 40.2 Å². The Balaban J connectivity index is 2.09. The van der Waals surface area contributed by atoms with Gasteiger partial charge in [-0.15, -0.1) is 0 Å². The summed E-state index contributed by atoms with van der Waals surface area (Å²) in [5.74, 6) is 0.651. The number of carbonyl (C=O) groups is 1. The van der Waals surface area contributed by atoms with Crippen molar-refractivity contribution in [3.63, 3.8) is 0 Å². The first kappa shape index (κ1) is 16.1. The maximum Gasteiger partial charge on any atom is 0.265 e. The van der Waals surface area contributed by atoms with Crippen LogP contribution in [0.4, 0.5) is 5.69 Å². The highest BCUT2D eigenvalue weighted by Crippen LogP contribution is 2.23. The molecule has 22 heavy (non-hydrogen) atoms. The molecular weight excluding hydrogens is 274 g/mol. The molecule has 1 amide bonds. The number of anilines is 1. The summed E-state index contributed by atoms with van der Waals surface area (Å²) in [5.41, 5.74) is 4.19. The van der Waals surface area contributed by atoms with Crippen molar-refractivity contribution in [3.05, 3.63) is 59.2 Å². The topological polar surface area (TPSA) is 38.3 Å². The highest BCUT2D eigenvalue weighted by Gasteiger charge is 2.19. The van der Waals surface area contributed by atoms with E-state index < -0.39 is 6.10 Å². The van der Waals surface area contributed by atoms with E-state index in [2.05, 4.69) is 5.32 Å². The zero-order chi connectivity index (χ0) is 16.1. The van der Waals surface area contributed by atoms with Crippen molar-refractivity contribution in [1.82, 2.24) is 0 Å². The van der Waals surface area contributed by atoms with Crippen molar-refractivity contribution in [2.75, 3.05) is 5.32 Å². The molecule has 3 nitrogen and oxygen atoms in total. The van der Waals surface area contributed by atoms with Gasteiger partial charge < -0.3 is 10.1 Å². The summed E-state index contributed by atoms with van der Waals surface area (Å²) in [6.45, 7) is 8.01. The third-order valence-corrected chi connectivity index (χ3v) is 3.81. The number of hydrogen-bond acceptors (Lipinski definition) is 2. The van der Waals surface area contributed by atoms with Gasteiger partial charge in [-0.05, 0) is 56.5 Å². The van der Waals surface area contributed by atoms with E-state index in [4.69, 9.17) is 4.74 Å². The SMILES string of the molecule is CC[C@@H](Oc1cccc(C)c1C)C(=O)Nc1ccc(C)cc1. The standard InChI is InChI=1S/C19H23NO2/c1-5-17(22-18-8-6-7-14(3)15(18)4)19(21)20-16-11-9-13(2)10-12-16/h6-12,17H,5H2,1-4H3,(H,20,21)/t17-/m1/s1. The van der Waals surface area contributed by atoms with E-state index in [0.717, 1.165) is 28.1 Å². The lowest BCUT2D eigenvalue weighted by Gasteiger charge is -2.19. The number of ether oxygens (including phenoxy) is 1. The Kier molecular flexibility index (Phi) is 5.21. The third-order valence-electron chi connectivity index (χ3n) is 3.81. The van der Waals surface area contributed by atoms with Crippen molar-refractivity contribution in [3.8, 4) is 5.75 Å². The van der Waals surface area contributed by atoms with Crippen LogP contribution in [0.15, 0.2) is 42.5 Å². The van der Waals surface area contributed by atoms with E-state index in [-0.39, 0.29) is 5.91 Å². The average molecular weight is 297 g/mol. The maximum atomic E-state index is 12.4. The molecule has 2 rings (SSSR count). The van der Waals surface area contributed by atoms with Gasteiger partial charge in [0, 0.05) is 5.69 Å². The van der Waals surface area contributed by atoms with Crippen LogP contribution in [0, 0.1) is 20.8 Å². The molecule has 0 aliphatic carbocycles. The predicted octanol–water partition coefficient (Wildman–Crippen LogP) is 4.41. The zero-order valence-corrected chi connectivity index (χ0v) is 13.6. The van der Waals surface area contributed by atoms with Crippen LogP contribution in [0.2, 0.25) is 0 Å². The molecular formula is C19H23NO2. The van der Waals surface area contributed by atoms with Crippen LogP contribution in [0.3, 0.4) is 0 Å². The van der Waals surface area contributed by atoms with E-state index in [0.29, 0.717) is 6.42 Å². The highest BCUT2D eigenvalue weighted by molar-refractivity contribution is 5.94. The van der Waals surface area contributed by atoms with Gasteiger partial charge in [0.05, 0.1) is 0 Å². The van der Waals surface area contributed by atoms with Crippen molar-refractivity contribution < 1.29 is 9.53 Å². The molecule has 1 N–H and O–H groups in total. The minimum absolute atomic E-state index is 0.118. The zero-order valence-electron chi connectivity index (χ0n) is 13.6. The van der Waals surface area contributed by atoms with Crippen molar-refractivity contribution >= 4 is 11.6 Å². The Morgan fingerprint density at radius 1 is 1.09 bits per heavy atom. The molecule has 2 aromatic carbocycles. The first-order chi connectivity index (χ1) is 10.5. The summed E-state index contributed by atoms with van der Waals surface area (Å²) in [5, 5.41) is 2.91. The van der Waals surface area contributed by atoms with Gasteiger partial charge in [0.2, 0.25) is 0 Å². The van der Waals surface area contributed by atoms with Gasteiger partial charge >= 0.3 is 0 Å². The molecule has 0 saturated carbocycles. The molecule has 0 unspecified atom stereocenters. The van der Waals surface area contributed by atoms with Crippen LogP contribution in [0.5, 0.6) is 5.75 Å². The minimum atomic E-state index is -0.498. The Morgan fingerprint density at radius 2 is 1.77 bits per heavy atom. The Morgan fingerprint density at radius 3 is 2.41 bits per heavy atom. The monoisotopic (exact) mass is 297 g/mol. The maximum absolute atomic E-state index is 12.4. The number of carbonyl (C=O) groups excluding carboxylic acids is 1. The fourth-order valence-electron chi connectivity index (χ4n) is 2.19. The fraction of sp³-hybridized carbons (Fsp3) is 0.316. The molecule has 0 bridgehead atoms. The molecule has 0 aromatic heterocycles. The van der Waals surface area contributed by atoms with Crippen LogP contribution >= 0.6 is 0 Å². The lowest BCUT2D eigenvalue weighted by Crippen LogP contribution is -2.32. The molecule has 1 atom stereocenters. The summed E-state index contributed by atoms with van der Waals surface area (Å²) >= 11 is 0. The van der Waals surface area contributed by atoms with Crippen LogP contribution in [-0.4, -0.2) is 12.0 Å². The van der Waals surface area contributed by atoms with Crippen LogP contribution in [-0.2, 0) is 4.79 Å². The van der Waals surface area contributed by atoms with E-state index in [1.54, 1.807) is 0 Å². The van der Waals surface area contributed by atoms with Gasteiger partial charge in [-0.2, -0.15) is 0 Å². The lowest BCUT2D eigenvalue weighted by atomic mass is 10.1. The molecule has 2 aromatic rings. The number of rotatable bonds is 5. The average Bonchev–Trinajstić information content (AvgIpc) is 2.51. The number of amides is 1. The molecule has 0 spiro atoms. The fourth-order valence-corrected chi connectivity index (χ4v) is 2.19. The second-order valence-electron chi connectivity index (χ2n) is 5.57. The molecule has 0 fully saturated rings. The number of benzene rings is 2. The molecule has 0 aliphatic rings. The molecule has 3 heteroatoms. The third kappa shape index (κ3) is 3.88. The van der Waals surface area contributed by atoms with Gasteiger partial charge in [0.15, 0.2) is 6.10 Å². The number of nitrogens with one attached hydrogen (secondary N) is 1. The van der Waals surface area contributed by atoms with Gasteiger partial charge in [-0.25, -0.2) is 0 Å². The summed E-state index contributed by atoms with van der Waals surface area (Å²) < 4.78 is 5.92. The van der Waals surface area contributed by atoms with Gasteiger partial charge in [0.1, 0.15) is 5.75 Å². The Hall–Kier alpha value is -2.29. The Labute approximate surface area is 132 Å². The van der Waals surface area contributed by atoms with E-state index in [1.807, 2.05) is 70.2 Å². The van der Waals surface area contributed by atoms with Crippen LogP contribution in [0.1, 0.15) is 30.0 Å². The van der Waals surface area contributed by atoms with Gasteiger partial charge in [-0.3, -0.25) is 4.79 Å². The van der Waals surface area contributed by atoms with E-state index >= 15 is 0 Å². The summed E-state index contributed by atoms with van der Waals surface area (Å²) in [4.78, 5) is 12.4. The van der Waals surface area contributed by atoms with Crippen LogP contribution in [0.25, 0.3) is 0 Å². The number of aryl methyl sites for hydroxylation is 2. The molecule has 0 heterocycles. The van der Waals surface area contributed by atoms with Crippen molar-refractivity contribution in [2.24, 2.45) is 0 Å². The van der Waals surface area contributed by atoms with E-state index in [9.17, 15) is 4.79 Å². The van der Waals surface area contributed by atoms with Gasteiger partial charge in [0.25, 0.3) is 5.91 Å². The smallest absolute Gasteiger partial charge is 0.265 e. The Bertz CT molecular complexity index is 647. The number of hydrogen-bond donors (Lipinski definition) is 1. The summed E-state index contributed by atoms with van der Waals surface area (Å²) in [7, 11) is 0. The second-order valence-corrected chi connectivity index (χ2v) is 5.57. The van der Waals surface area contributed by atoms with E-state index in [1.165, 1.54) is 0 Å². The van der Waals surface area contributed by atoms with Crippen LogP contribution < -0.4 is 10.1 Å². The predicted molar refractivity (Wildman–Crippen MR) is 90.4 cm³/mol. The second kappa shape index (κ2) is 7.12. The molecule has 116 valence electrons. The summed E-state index contributed by atoms with van der Waals surface area (Å²) in [6, 6.07) is 13.6. The molecule has 0 aliphatic heterocycles.